The fraction of sp³-hybridized carbons (Fsp3) is 0.0556. The predicted molar refractivity (Wildman–Crippen MR) is 80.4 cm³/mol. The molecule has 0 unspecified atom stereocenters. The first-order valence-electron chi connectivity index (χ1n) is 6.91. The normalized spacial score (nSPS) is 12.4. The highest BCUT2D eigenvalue weighted by molar-refractivity contribution is 5.73. The average Bonchev–Trinajstić information content (AvgIpc) is 2.96. The number of rotatable bonds is 2. The third kappa shape index (κ3) is 2.15. The molecular formula is C18H12O4. The van der Waals surface area contributed by atoms with Gasteiger partial charge in [0.05, 0.1) is 0 Å². The Bertz CT molecular complexity index is 848. The van der Waals surface area contributed by atoms with Crippen LogP contribution in [0, 0.1) is 0 Å². The summed E-state index contributed by atoms with van der Waals surface area (Å²) in [4.78, 5) is 10.7. The average molecular weight is 292 g/mol. The van der Waals surface area contributed by atoms with Crippen LogP contribution in [0.25, 0.3) is 11.3 Å². The first kappa shape index (κ1) is 12.7. The largest absolute Gasteiger partial charge is 0.485 e. The smallest absolute Gasteiger partial charge is 0.185 e. The predicted octanol–water partition coefficient (Wildman–Crippen LogP) is 4.44. The number of aldehydes is 1. The summed E-state index contributed by atoms with van der Waals surface area (Å²) in [5.41, 5.74) is 1.81. The molecular weight excluding hydrogens is 280 g/mol. The second-order valence-corrected chi connectivity index (χ2v) is 4.98. The molecule has 22 heavy (non-hydrogen) atoms. The van der Waals surface area contributed by atoms with Gasteiger partial charge in [-0.05, 0) is 42.5 Å². The van der Waals surface area contributed by atoms with E-state index in [9.17, 15) is 4.79 Å². The molecule has 0 atom stereocenters. The van der Waals surface area contributed by atoms with E-state index in [1.54, 1.807) is 12.1 Å². The summed E-state index contributed by atoms with van der Waals surface area (Å²) in [6.07, 6.45) is 0.690. The van der Waals surface area contributed by atoms with E-state index < -0.39 is 0 Å². The molecule has 0 fully saturated rings. The van der Waals surface area contributed by atoms with E-state index in [4.69, 9.17) is 13.9 Å². The van der Waals surface area contributed by atoms with Crippen molar-refractivity contribution in [1.29, 1.82) is 0 Å². The fourth-order valence-corrected chi connectivity index (χ4v) is 2.44. The summed E-state index contributed by atoms with van der Waals surface area (Å²) < 4.78 is 17.1. The molecule has 4 heteroatoms. The van der Waals surface area contributed by atoms with Crippen LogP contribution in [0.15, 0.2) is 59.0 Å². The van der Waals surface area contributed by atoms with Crippen LogP contribution in [0.1, 0.15) is 16.1 Å². The summed E-state index contributed by atoms with van der Waals surface area (Å²) in [6, 6.07) is 16.7. The Morgan fingerprint density at radius 2 is 1.77 bits per heavy atom. The Morgan fingerprint density at radius 1 is 0.909 bits per heavy atom. The van der Waals surface area contributed by atoms with Gasteiger partial charge in [-0.1, -0.05) is 12.1 Å². The van der Waals surface area contributed by atoms with Crippen molar-refractivity contribution < 1.29 is 18.7 Å². The van der Waals surface area contributed by atoms with Gasteiger partial charge < -0.3 is 13.9 Å². The van der Waals surface area contributed by atoms with Gasteiger partial charge in [0.2, 0.25) is 0 Å². The van der Waals surface area contributed by atoms with Crippen LogP contribution in [0.5, 0.6) is 17.2 Å². The Labute approximate surface area is 126 Å². The molecule has 1 aliphatic rings. The monoisotopic (exact) mass is 292 g/mol. The first-order chi connectivity index (χ1) is 10.8. The lowest BCUT2D eigenvalue weighted by atomic mass is 10.1. The molecule has 0 spiro atoms. The Balaban J connectivity index is 1.72. The number of furan rings is 1. The molecule has 0 bridgehead atoms. The van der Waals surface area contributed by atoms with E-state index in [0.29, 0.717) is 30.2 Å². The van der Waals surface area contributed by atoms with Gasteiger partial charge in [-0.3, -0.25) is 4.79 Å². The second kappa shape index (κ2) is 5.07. The third-order valence-electron chi connectivity index (χ3n) is 3.54. The van der Waals surface area contributed by atoms with Crippen LogP contribution < -0.4 is 9.47 Å². The van der Waals surface area contributed by atoms with Crippen LogP contribution in [0.3, 0.4) is 0 Å². The molecule has 0 radical (unpaired) electrons. The van der Waals surface area contributed by atoms with Crippen molar-refractivity contribution in [3.63, 3.8) is 0 Å². The minimum absolute atomic E-state index is 0.310. The van der Waals surface area contributed by atoms with E-state index in [1.165, 1.54) is 0 Å². The molecule has 4 rings (SSSR count). The van der Waals surface area contributed by atoms with Gasteiger partial charge in [0, 0.05) is 11.1 Å². The molecule has 1 aromatic heterocycles. The van der Waals surface area contributed by atoms with Gasteiger partial charge in [0.15, 0.2) is 23.5 Å². The van der Waals surface area contributed by atoms with Crippen LogP contribution in [-0.4, -0.2) is 6.29 Å². The lowest BCUT2D eigenvalue weighted by Crippen LogP contribution is -1.93. The van der Waals surface area contributed by atoms with Crippen LogP contribution in [0.2, 0.25) is 0 Å². The summed E-state index contributed by atoms with van der Waals surface area (Å²) in [7, 11) is 0. The van der Waals surface area contributed by atoms with Gasteiger partial charge in [0.1, 0.15) is 18.1 Å². The van der Waals surface area contributed by atoms with Crippen molar-refractivity contribution >= 4 is 6.29 Å². The Kier molecular flexibility index (Phi) is 2.93. The quantitative estimate of drug-likeness (QED) is 0.655. The lowest BCUT2D eigenvalue weighted by Gasteiger charge is -2.07. The highest BCUT2D eigenvalue weighted by Gasteiger charge is 2.16. The molecule has 1 aliphatic heterocycles. The number of carbonyl (C=O) groups excluding carboxylic acids is 1. The summed E-state index contributed by atoms with van der Waals surface area (Å²) in [5.74, 6) is 3.14. The van der Waals surface area contributed by atoms with Gasteiger partial charge in [-0.2, -0.15) is 0 Å². The number of carbonyl (C=O) groups is 1. The first-order valence-corrected chi connectivity index (χ1v) is 6.91. The van der Waals surface area contributed by atoms with Crippen LogP contribution in [-0.2, 0) is 6.61 Å². The molecule has 0 amide bonds. The SMILES string of the molecule is O=Cc1ccc(-c2ccc3c(c2)COc2ccccc2O3)o1. The minimum atomic E-state index is 0.310. The zero-order chi connectivity index (χ0) is 14.9. The molecule has 0 saturated heterocycles. The molecule has 0 saturated carbocycles. The summed E-state index contributed by atoms with van der Waals surface area (Å²) in [6.45, 7) is 0.418. The molecule has 0 aliphatic carbocycles. The molecule has 0 N–H and O–H groups in total. The Morgan fingerprint density at radius 3 is 2.59 bits per heavy atom. The van der Waals surface area contributed by atoms with Crippen molar-refractivity contribution in [2.45, 2.75) is 6.61 Å². The van der Waals surface area contributed by atoms with Gasteiger partial charge >= 0.3 is 0 Å². The molecule has 3 aromatic rings. The van der Waals surface area contributed by atoms with E-state index in [1.807, 2.05) is 42.5 Å². The maximum absolute atomic E-state index is 10.7. The third-order valence-corrected chi connectivity index (χ3v) is 3.54. The molecule has 4 nitrogen and oxygen atoms in total. The minimum Gasteiger partial charge on any atom is -0.485 e. The molecule has 108 valence electrons. The van der Waals surface area contributed by atoms with Crippen molar-refractivity contribution in [3.8, 4) is 28.6 Å². The van der Waals surface area contributed by atoms with Crippen molar-refractivity contribution in [2.24, 2.45) is 0 Å². The number of ether oxygens (including phenoxy) is 2. The van der Waals surface area contributed by atoms with Gasteiger partial charge in [-0.15, -0.1) is 0 Å². The lowest BCUT2D eigenvalue weighted by molar-refractivity contribution is 0.110. The van der Waals surface area contributed by atoms with E-state index in [-0.39, 0.29) is 0 Å². The molecule has 2 aromatic carbocycles. The van der Waals surface area contributed by atoms with Crippen LogP contribution >= 0.6 is 0 Å². The number of fused-ring (bicyclic) bond motifs is 2. The number of hydrogen-bond acceptors (Lipinski definition) is 4. The standard InChI is InChI=1S/C18H12O4/c19-10-14-6-8-15(21-14)12-5-7-16-13(9-12)11-20-17-3-1-2-4-18(17)22-16/h1-10H,11H2. The van der Waals surface area contributed by atoms with E-state index in [0.717, 1.165) is 22.6 Å². The summed E-state index contributed by atoms with van der Waals surface area (Å²) >= 11 is 0. The zero-order valence-corrected chi connectivity index (χ0v) is 11.6. The highest BCUT2D eigenvalue weighted by atomic mass is 16.5. The number of hydrogen-bond donors (Lipinski definition) is 0. The van der Waals surface area contributed by atoms with E-state index >= 15 is 0 Å². The second-order valence-electron chi connectivity index (χ2n) is 4.98. The maximum Gasteiger partial charge on any atom is 0.185 e. The van der Waals surface area contributed by atoms with Crippen molar-refractivity contribution in [2.75, 3.05) is 0 Å². The fourth-order valence-electron chi connectivity index (χ4n) is 2.44. The molecule has 2 heterocycles. The maximum atomic E-state index is 10.7. The highest BCUT2D eigenvalue weighted by Crippen LogP contribution is 2.38. The van der Waals surface area contributed by atoms with Gasteiger partial charge in [-0.25, -0.2) is 0 Å². The zero-order valence-electron chi connectivity index (χ0n) is 11.6. The van der Waals surface area contributed by atoms with Crippen LogP contribution in [0.4, 0.5) is 0 Å². The Hall–Kier alpha value is -3.01. The van der Waals surface area contributed by atoms with Gasteiger partial charge in [0.25, 0.3) is 0 Å². The van der Waals surface area contributed by atoms with Crippen molar-refractivity contribution in [3.05, 3.63) is 65.9 Å². The summed E-state index contributed by atoms with van der Waals surface area (Å²) in [5, 5.41) is 0. The topological polar surface area (TPSA) is 48.7 Å². The van der Waals surface area contributed by atoms with Crippen molar-refractivity contribution in [1.82, 2.24) is 0 Å². The van der Waals surface area contributed by atoms with E-state index in [2.05, 4.69) is 0 Å². The number of para-hydroxylation sites is 2. The number of benzene rings is 2.